The number of carbonyl (C=O) groups excluding carboxylic acids is 1. The number of benzene rings is 1. The number of nitrogens with zero attached hydrogens (tertiary/aromatic N) is 1. The smallest absolute Gasteiger partial charge is 0.417 e. The molecule has 1 amide bonds. The molecule has 1 saturated heterocycles. The minimum atomic E-state index is -4.65. The van der Waals surface area contributed by atoms with Gasteiger partial charge in [0.1, 0.15) is 5.75 Å². The van der Waals surface area contributed by atoms with Gasteiger partial charge in [0.15, 0.2) is 5.60 Å². The van der Waals surface area contributed by atoms with E-state index in [1.807, 2.05) is 0 Å². The van der Waals surface area contributed by atoms with E-state index in [0.29, 0.717) is 11.4 Å². The maximum absolute atomic E-state index is 12.8. The van der Waals surface area contributed by atoms with Gasteiger partial charge in [-0.15, -0.1) is 0 Å². The Balaban J connectivity index is 1.92. The highest BCUT2D eigenvalue weighted by molar-refractivity contribution is 5.94. The zero-order chi connectivity index (χ0) is 18.0. The number of methoxy groups -OCH3 is 1. The number of halogens is 3. The average molecular weight is 346 g/mol. The first kappa shape index (κ1) is 18.5. The fourth-order valence-corrected chi connectivity index (χ4v) is 2.65. The summed E-state index contributed by atoms with van der Waals surface area (Å²) >= 11 is 0. The molecular formula is C16H21F3N2O3. The number of nitrogens with one attached hydrogen (secondary N) is 1. The first-order valence-corrected chi connectivity index (χ1v) is 7.64. The van der Waals surface area contributed by atoms with Crippen LogP contribution in [0.2, 0.25) is 0 Å². The van der Waals surface area contributed by atoms with Crippen molar-refractivity contribution in [2.24, 2.45) is 0 Å². The van der Waals surface area contributed by atoms with Crippen LogP contribution in [0.3, 0.4) is 0 Å². The van der Waals surface area contributed by atoms with Crippen molar-refractivity contribution in [3.63, 3.8) is 0 Å². The van der Waals surface area contributed by atoms with Crippen molar-refractivity contribution < 1.29 is 27.8 Å². The molecule has 1 aliphatic rings. The predicted molar refractivity (Wildman–Crippen MR) is 82.9 cm³/mol. The lowest BCUT2D eigenvalue weighted by Gasteiger charge is -2.40. The first-order chi connectivity index (χ1) is 11.2. The lowest BCUT2D eigenvalue weighted by Crippen LogP contribution is -2.56. The van der Waals surface area contributed by atoms with Crippen LogP contribution >= 0.6 is 0 Å². The highest BCUT2D eigenvalue weighted by Crippen LogP contribution is 2.38. The summed E-state index contributed by atoms with van der Waals surface area (Å²) in [7, 11) is 1.54. The molecule has 0 saturated carbocycles. The van der Waals surface area contributed by atoms with E-state index < -0.39 is 30.7 Å². The molecule has 8 heteroatoms. The molecular weight excluding hydrogens is 325 g/mol. The van der Waals surface area contributed by atoms with Gasteiger partial charge < -0.3 is 15.2 Å². The van der Waals surface area contributed by atoms with Gasteiger partial charge in [-0.05, 0) is 44.0 Å². The minimum absolute atomic E-state index is 0.00715. The number of ether oxygens (including phenoxy) is 1. The van der Waals surface area contributed by atoms with Gasteiger partial charge in [0.2, 0.25) is 5.91 Å². The molecule has 1 aromatic carbocycles. The summed E-state index contributed by atoms with van der Waals surface area (Å²) in [5, 5.41) is 12.4. The van der Waals surface area contributed by atoms with Gasteiger partial charge in [-0.25, -0.2) is 0 Å². The van der Waals surface area contributed by atoms with E-state index in [1.54, 1.807) is 36.1 Å². The van der Waals surface area contributed by atoms with E-state index in [4.69, 9.17) is 4.74 Å². The Kier molecular flexibility index (Phi) is 5.39. The average Bonchev–Trinajstić information content (AvgIpc) is 2.54. The number of amides is 1. The Labute approximate surface area is 138 Å². The maximum Gasteiger partial charge on any atom is 0.417 e. The van der Waals surface area contributed by atoms with Crippen LogP contribution in [-0.2, 0) is 4.79 Å². The fraction of sp³-hybridized carbons (Fsp3) is 0.562. The SMILES string of the molecule is COc1ccc(NC(=O)C(C)N2CCC(O)(C(F)(F)F)CC2)cc1. The number of aliphatic hydroxyl groups is 1. The standard InChI is InChI=1S/C16H21F3N2O3/c1-11(14(22)20-12-3-5-13(24-2)6-4-12)21-9-7-15(23,8-10-21)16(17,18)19/h3-6,11,23H,7-10H2,1-2H3,(H,20,22). The molecule has 5 nitrogen and oxygen atoms in total. The Morgan fingerprint density at radius 3 is 2.29 bits per heavy atom. The van der Waals surface area contributed by atoms with Crippen molar-refractivity contribution in [2.45, 2.75) is 37.6 Å². The number of hydrogen-bond acceptors (Lipinski definition) is 4. The lowest BCUT2D eigenvalue weighted by molar-refractivity contribution is -0.273. The molecule has 1 aromatic rings. The van der Waals surface area contributed by atoms with Crippen LogP contribution in [-0.4, -0.2) is 53.9 Å². The number of alkyl halides is 3. The van der Waals surface area contributed by atoms with Crippen LogP contribution in [0.15, 0.2) is 24.3 Å². The van der Waals surface area contributed by atoms with Crippen molar-refractivity contribution in [1.82, 2.24) is 4.90 Å². The third kappa shape index (κ3) is 3.99. The maximum atomic E-state index is 12.8. The van der Waals surface area contributed by atoms with Gasteiger partial charge in [0.25, 0.3) is 0 Å². The van der Waals surface area contributed by atoms with Gasteiger partial charge >= 0.3 is 6.18 Å². The third-order valence-electron chi connectivity index (χ3n) is 4.44. The molecule has 24 heavy (non-hydrogen) atoms. The molecule has 0 radical (unpaired) electrons. The molecule has 2 rings (SSSR count). The quantitative estimate of drug-likeness (QED) is 0.879. The molecule has 134 valence electrons. The number of rotatable bonds is 4. The molecule has 1 heterocycles. The van der Waals surface area contributed by atoms with E-state index >= 15 is 0 Å². The van der Waals surface area contributed by atoms with Gasteiger partial charge in [-0.1, -0.05) is 0 Å². The number of carbonyl (C=O) groups is 1. The van der Waals surface area contributed by atoms with E-state index in [2.05, 4.69) is 5.32 Å². The van der Waals surface area contributed by atoms with E-state index in [9.17, 15) is 23.1 Å². The summed E-state index contributed by atoms with van der Waals surface area (Å²) < 4.78 is 43.4. The van der Waals surface area contributed by atoms with Crippen LogP contribution in [0.25, 0.3) is 0 Å². The van der Waals surface area contributed by atoms with E-state index in [-0.39, 0.29) is 19.0 Å². The number of hydrogen-bond donors (Lipinski definition) is 2. The lowest BCUT2D eigenvalue weighted by atomic mass is 9.90. The summed E-state index contributed by atoms with van der Waals surface area (Å²) in [5.41, 5.74) is -2.08. The van der Waals surface area contributed by atoms with Crippen LogP contribution in [0.1, 0.15) is 19.8 Å². The Bertz CT molecular complexity index is 567. The molecule has 1 aliphatic heterocycles. The summed E-state index contributed by atoms with van der Waals surface area (Å²) in [5.74, 6) is 0.348. The Morgan fingerprint density at radius 1 is 1.29 bits per heavy atom. The van der Waals surface area contributed by atoms with Gasteiger partial charge in [0.05, 0.1) is 13.2 Å². The van der Waals surface area contributed by atoms with Crippen molar-refractivity contribution in [3.05, 3.63) is 24.3 Å². The zero-order valence-electron chi connectivity index (χ0n) is 13.6. The molecule has 0 aliphatic carbocycles. The van der Waals surface area contributed by atoms with Crippen molar-refractivity contribution in [3.8, 4) is 5.75 Å². The minimum Gasteiger partial charge on any atom is -0.497 e. The Hall–Kier alpha value is -1.80. The second kappa shape index (κ2) is 6.98. The molecule has 1 fully saturated rings. The van der Waals surface area contributed by atoms with Crippen molar-refractivity contribution in [1.29, 1.82) is 0 Å². The largest absolute Gasteiger partial charge is 0.497 e. The molecule has 0 aromatic heterocycles. The second-order valence-electron chi connectivity index (χ2n) is 5.96. The van der Waals surface area contributed by atoms with Gasteiger partial charge in [-0.2, -0.15) is 13.2 Å². The molecule has 1 unspecified atom stereocenters. The molecule has 2 N–H and O–H groups in total. The third-order valence-corrected chi connectivity index (χ3v) is 4.44. The summed E-state index contributed by atoms with van der Waals surface area (Å²) in [4.78, 5) is 13.9. The predicted octanol–water partition coefficient (Wildman–Crippen LogP) is 2.41. The number of piperidine rings is 1. The van der Waals surface area contributed by atoms with Crippen molar-refractivity contribution >= 4 is 11.6 Å². The number of likely N-dealkylation sites (tertiary alicyclic amines) is 1. The molecule has 1 atom stereocenters. The highest BCUT2D eigenvalue weighted by Gasteiger charge is 2.54. The second-order valence-corrected chi connectivity index (χ2v) is 5.96. The van der Waals surface area contributed by atoms with Crippen LogP contribution < -0.4 is 10.1 Å². The summed E-state index contributed by atoms with van der Waals surface area (Å²) in [6, 6.07) is 6.17. The van der Waals surface area contributed by atoms with Crippen molar-refractivity contribution in [2.75, 3.05) is 25.5 Å². The van der Waals surface area contributed by atoms with Crippen LogP contribution in [0.5, 0.6) is 5.75 Å². The Morgan fingerprint density at radius 2 is 1.83 bits per heavy atom. The molecule has 0 spiro atoms. The molecule has 0 bridgehead atoms. The van der Waals surface area contributed by atoms with Gasteiger partial charge in [-0.3, -0.25) is 9.69 Å². The summed E-state index contributed by atoms with van der Waals surface area (Å²) in [6.45, 7) is 1.65. The topological polar surface area (TPSA) is 61.8 Å². The monoisotopic (exact) mass is 346 g/mol. The number of anilines is 1. The van der Waals surface area contributed by atoms with Crippen LogP contribution in [0.4, 0.5) is 18.9 Å². The van der Waals surface area contributed by atoms with Crippen LogP contribution in [0, 0.1) is 0 Å². The normalized spacial score (nSPS) is 19.6. The first-order valence-electron chi connectivity index (χ1n) is 7.64. The van der Waals surface area contributed by atoms with E-state index in [1.165, 1.54) is 7.11 Å². The highest BCUT2D eigenvalue weighted by atomic mass is 19.4. The summed E-state index contributed by atoms with van der Waals surface area (Å²) in [6.07, 6.45) is -5.51. The fourth-order valence-electron chi connectivity index (χ4n) is 2.65. The van der Waals surface area contributed by atoms with Gasteiger partial charge in [0, 0.05) is 18.8 Å². The van der Waals surface area contributed by atoms with E-state index in [0.717, 1.165) is 0 Å². The zero-order valence-corrected chi connectivity index (χ0v) is 13.6.